The van der Waals surface area contributed by atoms with Crippen LogP contribution in [0.15, 0.2) is 42.5 Å². The van der Waals surface area contributed by atoms with Gasteiger partial charge in [-0.25, -0.2) is 4.39 Å². The number of hydrogen-bond donors (Lipinski definition) is 1. The Labute approximate surface area is 118 Å². The molecule has 0 aliphatic carbocycles. The highest BCUT2D eigenvalue weighted by molar-refractivity contribution is 5.37. The van der Waals surface area contributed by atoms with Crippen LogP contribution in [0, 0.1) is 5.82 Å². The molecule has 0 amide bonds. The summed E-state index contributed by atoms with van der Waals surface area (Å²) < 4.78 is 24.3. The Morgan fingerprint density at radius 3 is 2.60 bits per heavy atom. The van der Waals surface area contributed by atoms with Crippen LogP contribution in [0.2, 0.25) is 0 Å². The van der Waals surface area contributed by atoms with Crippen LogP contribution < -0.4 is 15.2 Å². The van der Waals surface area contributed by atoms with Gasteiger partial charge in [0.1, 0.15) is 23.9 Å². The molecule has 2 rings (SSSR count). The zero-order valence-electron chi connectivity index (χ0n) is 11.6. The van der Waals surface area contributed by atoms with Crippen molar-refractivity contribution in [3.8, 4) is 11.5 Å². The molecule has 0 unspecified atom stereocenters. The van der Waals surface area contributed by atoms with Crippen LogP contribution in [0.25, 0.3) is 0 Å². The molecule has 0 saturated carbocycles. The van der Waals surface area contributed by atoms with Crippen molar-refractivity contribution in [2.24, 2.45) is 5.73 Å². The number of halogens is 1. The highest BCUT2D eigenvalue weighted by Crippen LogP contribution is 2.27. The molecule has 20 heavy (non-hydrogen) atoms. The van der Waals surface area contributed by atoms with E-state index < -0.39 is 0 Å². The van der Waals surface area contributed by atoms with E-state index in [0.717, 1.165) is 16.9 Å². The van der Waals surface area contributed by atoms with Crippen molar-refractivity contribution in [2.75, 3.05) is 7.11 Å². The Bertz CT molecular complexity index is 584. The van der Waals surface area contributed by atoms with Crippen LogP contribution >= 0.6 is 0 Å². The van der Waals surface area contributed by atoms with Gasteiger partial charge in [-0.05, 0) is 19.1 Å². The molecule has 0 radical (unpaired) electrons. The fourth-order valence-electron chi connectivity index (χ4n) is 1.99. The summed E-state index contributed by atoms with van der Waals surface area (Å²) in [5.41, 5.74) is 7.54. The van der Waals surface area contributed by atoms with Crippen molar-refractivity contribution in [2.45, 2.75) is 19.6 Å². The van der Waals surface area contributed by atoms with E-state index in [1.807, 2.05) is 31.2 Å². The highest BCUT2D eigenvalue weighted by Gasteiger charge is 2.10. The minimum absolute atomic E-state index is 0.219. The molecule has 0 bridgehead atoms. The van der Waals surface area contributed by atoms with Gasteiger partial charge < -0.3 is 15.2 Å². The molecule has 0 fully saturated rings. The average molecular weight is 275 g/mol. The quantitative estimate of drug-likeness (QED) is 0.909. The van der Waals surface area contributed by atoms with Crippen molar-refractivity contribution >= 4 is 0 Å². The second-order valence-corrected chi connectivity index (χ2v) is 4.57. The molecule has 0 heterocycles. The van der Waals surface area contributed by atoms with Crippen molar-refractivity contribution in [3.05, 3.63) is 59.4 Å². The predicted molar refractivity (Wildman–Crippen MR) is 76.3 cm³/mol. The normalized spacial score (nSPS) is 12.0. The van der Waals surface area contributed by atoms with Crippen molar-refractivity contribution in [1.29, 1.82) is 0 Å². The van der Waals surface area contributed by atoms with Crippen LogP contribution in [0.3, 0.4) is 0 Å². The lowest BCUT2D eigenvalue weighted by atomic mass is 10.1. The smallest absolute Gasteiger partial charge is 0.127 e. The molecule has 1 atom stereocenters. The third-order valence-electron chi connectivity index (χ3n) is 3.04. The first-order chi connectivity index (χ1) is 9.61. The molecule has 0 aliphatic heterocycles. The number of methoxy groups -OCH3 is 1. The van der Waals surface area contributed by atoms with Crippen molar-refractivity contribution < 1.29 is 13.9 Å². The SMILES string of the molecule is COc1ccccc1COc1cc(F)ccc1[C@@H](C)N. The summed E-state index contributed by atoms with van der Waals surface area (Å²) in [5, 5.41) is 0. The van der Waals surface area contributed by atoms with Gasteiger partial charge in [0.2, 0.25) is 0 Å². The first-order valence-corrected chi connectivity index (χ1v) is 6.41. The molecule has 2 aromatic rings. The Morgan fingerprint density at radius 1 is 1.15 bits per heavy atom. The maximum absolute atomic E-state index is 13.3. The summed E-state index contributed by atoms with van der Waals surface area (Å²) in [5.74, 6) is 0.863. The fraction of sp³-hybridized carbons (Fsp3) is 0.250. The first-order valence-electron chi connectivity index (χ1n) is 6.41. The second-order valence-electron chi connectivity index (χ2n) is 4.57. The third-order valence-corrected chi connectivity index (χ3v) is 3.04. The molecule has 2 N–H and O–H groups in total. The number of nitrogens with two attached hydrogens (primary N) is 1. The maximum Gasteiger partial charge on any atom is 0.127 e. The van der Waals surface area contributed by atoms with Gasteiger partial charge in [-0.1, -0.05) is 24.3 Å². The number of ether oxygens (including phenoxy) is 2. The van der Waals surface area contributed by atoms with Gasteiger partial charge in [-0.3, -0.25) is 0 Å². The Balaban J connectivity index is 2.20. The van der Waals surface area contributed by atoms with Gasteiger partial charge in [-0.15, -0.1) is 0 Å². The molecule has 0 aromatic heterocycles. The standard InChI is InChI=1S/C16H18FNO2/c1-11(18)14-8-7-13(17)9-16(14)20-10-12-5-3-4-6-15(12)19-2/h3-9,11H,10,18H2,1-2H3/t11-/m1/s1. The minimum Gasteiger partial charge on any atom is -0.496 e. The molecular weight excluding hydrogens is 257 g/mol. The largest absolute Gasteiger partial charge is 0.496 e. The van der Waals surface area contributed by atoms with Gasteiger partial charge in [0.25, 0.3) is 0 Å². The Hall–Kier alpha value is -2.07. The van der Waals surface area contributed by atoms with Gasteiger partial charge in [0, 0.05) is 23.2 Å². The topological polar surface area (TPSA) is 44.5 Å². The van der Waals surface area contributed by atoms with Crippen LogP contribution in [0.4, 0.5) is 4.39 Å². The average Bonchev–Trinajstić information content (AvgIpc) is 2.45. The Kier molecular flexibility index (Phi) is 4.58. The molecule has 0 spiro atoms. The van der Waals surface area contributed by atoms with E-state index in [-0.39, 0.29) is 11.9 Å². The van der Waals surface area contributed by atoms with Crippen molar-refractivity contribution in [1.82, 2.24) is 0 Å². The second kappa shape index (κ2) is 6.39. The summed E-state index contributed by atoms with van der Waals surface area (Å²) in [6.45, 7) is 2.14. The van der Waals surface area contributed by atoms with E-state index in [4.69, 9.17) is 15.2 Å². The predicted octanol–water partition coefficient (Wildman–Crippen LogP) is 3.43. The van der Waals surface area contributed by atoms with Crippen molar-refractivity contribution in [3.63, 3.8) is 0 Å². The van der Waals surface area contributed by atoms with E-state index in [0.29, 0.717) is 12.4 Å². The lowest BCUT2D eigenvalue weighted by Crippen LogP contribution is -2.08. The van der Waals surface area contributed by atoms with E-state index >= 15 is 0 Å². The summed E-state index contributed by atoms with van der Waals surface area (Å²) in [6, 6.07) is 11.7. The van der Waals surface area contributed by atoms with E-state index in [1.165, 1.54) is 12.1 Å². The zero-order chi connectivity index (χ0) is 14.5. The van der Waals surface area contributed by atoms with Gasteiger partial charge in [0.15, 0.2) is 0 Å². The van der Waals surface area contributed by atoms with Gasteiger partial charge in [-0.2, -0.15) is 0 Å². The van der Waals surface area contributed by atoms with E-state index in [1.54, 1.807) is 13.2 Å². The molecule has 0 saturated heterocycles. The molecule has 0 aliphatic rings. The third kappa shape index (κ3) is 3.27. The van der Waals surface area contributed by atoms with Crippen LogP contribution in [0.5, 0.6) is 11.5 Å². The fourth-order valence-corrected chi connectivity index (χ4v) is 1.99. The summed E-state index contributed by atoms with van der Waals surface area (Å²) >= 11 is 0. The first kappa shape index (κ1) is 14.3. The monoisotopic (exact) mass is 275 g/mol. The van der Waals surface area contributed by atoms with Gasteiger partial charge in [0.05, 0.1) is 7.11 Å². The molecule has 2 aromatic carbocycles. The van der Waals surface area contributed by atoms with Crippen LogP contribution in [-0.2, 0) is 6.61 Å². The highest BCUT2D eigenvalue weighted by atomic mass is 19.1. The maximum atomic E-state index is 13.3. The summed E-state index contributed by atoms with van der Waals surface area (Å²) in [7, 11) is 1.61. The zero-order valence-corrected chi connectivity index (χ0v) is 11.6. The number of rotatable bonds is 5. The number of benzene rings is 2. The summed E-state index contributed by atoms with van der Waals surface area (Å²) in [4.78, 5) is 0. The van der Waals surface area contributed by atoms with Crippen LogP contribution in [0.1, 0.15) is 24.1 Å². The molecule has 4 heteroatoms. The summed E-state index contributed by atoms with van der Waals surface area (Å²) in [6.07, 6.45) is 0. The number of hydrogen-bond acceptors (Lipinski definition) is 3. The van der Waals surface area contributed by atoms with Crippen LogP contribution in [-0.4, -0.2) is 7.11 Å². The molecule has 106 valence electrons. The lowest BCUT2D eigenvalue weighted by molar-refractivity contribution is 0.291. The molecule has 3 nitrogen and oxygen atoms in total. The van der Waals surface area contributed by atoms with Gasteiger partial charge >= 0.3 is 0 Å². The van der Waals surface area contributed by atoms with E-state index in [9.17, 15) is 4.39 Å². The minimum atomic E-state index is -0.343. The molecular formula is C16H18FNO2. The Morgan fingerprint density at radius 2 is 1.90 bits per heavy atom. The number of para-hydroxylation sites is 1. The lowest BCUT2D eigenvalue weighted by Gasteiger charge is -2.15. The van der Waals surface area contributed by atoms with E-state index in [2.05, 4.69) is 0 Å².